The first-order valence-electron chi connectivity index (χ1n) is 9.78. The van der Waals surface area contributed by atoms with Crippen LogP contribution in [0, 0.1) is 0 Å². The third-order valence-electron chi connectivity index (χ3n) is 5.15. The highest BCUT2D eigenvalue weighted by atomic mass is 16.5. The number of hydrogen-bond donors (Lipinski definition) is 1. The summed E-state index contributed by atoms with van der Waals surface area (Å²) in [6.07, 6.45) is 2.11. The summed E-state index contributed by atoms with van der Waals surface area (Å²) in [6.45, 7) is 6.40. The largest absolute Gasteiger partial charge is 0.494 e. The van der Waals surface area contributed by atoms with Gasteiger partial charge in [-0.2, -0.15) is 0 Å². The summed E-state index contributed by atoms with van der Waals surface area (Å²) in [4.78, 5) is 17.3. The van der Waals surface area contributed by atoms with E-state index < -0.39 is 0 Å². The van der Waals surface area contributed by atoms with Crippen LogP contribution in [-0.4, -0.2) is 21.9 Å². The smallest absolute Gasteiger partial charge is 0.209 e. The van der Waals surface area contributed by atoms with Gasteiger partial charge in [0, 0.05) is 11.3 Å². The molecule has 4 rings (SSSR count). The van der Waals surface area contributed by atoms with Crippen molar-refractivity contribution in [3.8, 4) is 5.75 Å². The standard InChI is InChI=1S/C23H25N3O2/c1-4-5-13-28-18-10-8-9-17(14-18)22-21(16(3)27)15(2)24-23-25-19-11-6-7-12-20(19)26(22)23/h6-12,14,22H,4-5,13H2,1-3H3,(H,24,25)/t22-/m0/s1. The molecule has 0 spiro atoms. The molecule has 5 nitrogen and oxygen atoms in total. The Morgan fingerprint density at radius 2 is 2.04 bits per heavy atom. The first kappa shape index (κ1) is 18.3. The molecule has 0 aliphatic carbocycles. The fraction of sp³-hybridized carbons (Fsp3) is 0.304. The van der Waals surface area contributed by atoms with E-state index >= 15 is 0 Å². The molecular formula is C23H25N3O2. The molecule has 1 aliphatic heterocycles. The van der Waals surface area contributed by atoms with Crippen LogP contribution in [0.25, 0.3) is 11.0 Å². The van der Waals surface area contributed by atoms with Crippen LogP contribution >= 0.6 is 0 Å². The fourth-order valence-corrected chi connectivity index (χ4v) is 3.84. The Balaban J connectivity index is 1.86. The average Bonchev–Trinajstić information content (AvgIpc) is 3.05. The topological polar surface area (TPSA) is 56.1 Å². The summed E-state index contributed by atoms with van der Waals surface area (Å²) in [7, 11) is 0. The number of nitrogens with zero attached hydrogens (tertiary/aromatic N) is 2. The molecule has 1 aliphatic rings. The molecule has 1 aromatic heterocycles. The zero-order valence-corrected chi connectivity index (χ0v) is 16.5. The normalized spacial score (nSPS) is 16.0. The van der Waals surface area contributed by atoms with E-state index in [1.165, 1.54) is 0 Å². The second-order valence-corrected chi connectivity index (χ2v) is 7.19. The highest BCUT2D eigenvalue weighted by molar-refractivity contribution is 5.97. The number of imidazole rings is 1. The predicted molar refractivity (Wildman–Crippen MR) is 112 cm³/mol. The highest BCUT2D eigenvalue weighted by Gasteiger charge is 2.32. The highest BCUT2D eigenvalue weighted by Crippen LogP contribution is 2.40. The van der Waals surface area contributed by atoms with Crippen molar-refractivity contribution in [3.05, 3.63) is 65.4 Å². The second kappa shape index (κ2) is 7.50. The van der Waals surface area contributed by atoms with Crippen LogP contribution in [0.4, 0.5) is 5.95 Å². The van der Waals surface area contributed by atoms with Gasteiger partial charge in [-0.25, -0.2) is 4.98 Å². The van der Waals surface area contributed by atoms with E-state index in [4.69, 9.17) is 9.72 Å². The minimum absolute atomic E-state index is 0.0516. The van der Waals surface area contributed by atoms with E-state index in [0.717, 1.165) is 52.4 Å². The Morgan fingerprint density at radius 3 is 2.82 bits per heavy atom. The summed E-state index contributed by atoms with van der Waals surface area (Å²) >= 11 is 0. The van der Waals surface area contributed by atoms with Crippen molar-refractivity contribution in [1.29, 1.82) is 0 Å². The van der Waals surface area contributed by atoms with Crippen molar-refractivity contribution < 1.29 is 9.53 Å². The van der Waals surface area contributed by atoms with Crippen LogP contribution in [0.15, 0.2) is 59.8 Å². The van der Waals surface area contributed by atoms with Crippen molar-refractivity contribution in [3.63, 3.8) is 0 Å². The van der Waals surface area contributed by atoms with Crippen molar-refractivity contribution in [2.45, 2.75) is 39.7 Å². The predicted octanol–water partition coefficient (Wildman–Crippen LogP) is 5.09. The molecule has 1 N–H and O–H groups in total. The monoisotopic (exact) mass is 375 g/mol. The molecule has 0 bridgehead atoms. The molecule has 0 radical (unpaired) electrons. The first-order valence-corrected chi connectivity index (χ1v) is 9.78. The maximum absolute atomic E-state index is 12.6. The number of para-hydroxylation sites is 2. The van der Waals surface area contributed by atoms with Gasteiger partial charge in [-0.05, 0) is 50.1 Å². The van der Waals surface area contributed by atoms with Gasteiger partial charge in [-0.15, -0.1) is 0 Å². The van der Waals surface area contributed by atoms with Crippen LogP contribution in [-0.2, 0) is 4.79 Å². The van der Waals surface area contributed by atoms with E-state index in [2.05, 4.69) is 22.9 Å². The lowest BCUT2D eigenvalue weighted by Crippen LogP contribution is -2.27. The summed E-state index contributed by atoms with van der Waals surface area (Å²) in [6, 6.07) is 15.8. The van der Waals surface area contributed by atoms with Gasteiger partial charge in [0.2, 0.25) is 5.95 Å². The molecule has 1 atom stereocenters. The molecule has 5 heteroatoms. The van der Waals surface area contributed by atoms with E-state index in [1.54, 1.807) is 6.92 Å². The van der Waals surface area contributed by atoms with Crippen LogP contribution in [0.5, 0.6) is 5.75 Å². The quantitative estimate of drug-likeness (QED) is 0.610. The van der Waals surface area contributed by atoms with Crippen LogP contribution < -0.4 is 10.1 Å². The molecule has 0 fully saturated rings. The van der Waals surface area contributed by atoms with Crippen molar-refractivity contribution in [2.75, 3.05) is 11.9 Å². The number of nitrogens with one attached hydrogen (secondary N) is 1. The Labute approximate surface area is 165 Å². The number of Topliss-reactive ketones (excluding diaryl/α,β-unsaturated/α-hetero) is 1. The molecule has 0 saturated heterocycles. The maximum atomic E-state index is 12.6. The van der Waals surface area contributed by atoms with Gasteiger partial charge >= 0.3 is 0 Å². The SMILES string of the molecule is CCCCOc1cccc([C@H]2C(C(C)=O)=C(C)Nc3nc4ccccc4n32)c1. The summed E-state index contributed by atoms with van der Waals surface area (Å²) < 4.78 is 8.03. The number of ether oxygens (including phenoxy) is 1. The molecule has 0 amide bonds. The van der Waals surface area contributed by atoms with Crippen LogP contribution in [0.2, 0.25) is 0 Å². The number of carbonyl (C=O) groups is 1. The number of benzene rings is 2. The van der Waals surface area contributed by atoms with Gasteiger partial charge in [0.15, 0.2) is 5.78 Å². The number of ketones is 1. The van der Waals surface area contributed by atoms with Crippen molar-refractivity contribution in [1.82, 2.24) is 9.55 Å². The average molecular weight is 375 g/mol. The van der Waals surface area contributed by atoms with Gasteiger partial charge in [0.05, 0.1) is 23.7 Å². The van der Waals surface area contributed by atoms with E-state index in [-0.39, 0.29) is 11.8 Å². The zero-order chi connectivity index (χ0) is 19.7. The summed E-state index contributed by atoms with van der Waals surface area (Å²) in [5.74, 6) is 1.64. The number of aromatic nitrogens is 2. The van der Waals surface area contributed by atoms with Gasteiger partial charge in [0.1, 0.15) is 5.75 Å². The summed E-state index contributed by atoms with van der Waals surface area (Å²) in [5.41, 5.74) is 4.52. The van der Waals surface area contributed by atoms with Gasteiger partial charge in [0.25, 0.3) is 0 Å². The third kappa shape index (κ3) is 3.17. The molecule has 2 heterocycles. The lowest BCUT2D eigenvalue weighted by Gasteiger charge is -2.30. The van der Waals surface area contributed by atoms with Crippen molar-refractivity contribution >= 4 is 22.8 Å². The molecule has 0 saturated carbocycles. The Kier molecular flexibility index (Phi) is 4.90. The molecule has 2 aromatic carbocycles. The summed E-state index contributed by atoms with van der Waals surface area (Å²) in [5, 5.41) is 3.32. The number of rotatable bonds is 6. The van der Waals surface area contributed by atoms with Crippen LogP contribution in [0.1, 0.15) is 45.2 Å². The molecular weight excluding hydrogens is 350 g/mol. The number of unbranched alkanes of at least 4 members (excludes halogenated alkanes) is 1. The first-order chi connectivity index (χ1) is 13.6. The van der Waals surface area contributed by atoms with E-state index in [9.17, 15) is 4.79 Å². The number of allylic oxidation sites excluding steroid dienone is 2. The second-order valence-electron chi connectivity index (χ2n) is 7.19. The van der Waals surface area contributed by atoms with Crippen molar-refractivity contribution in [2.24, 2.45) is 0 Å². The molecule has 0 unspecified atom stereocenters. The van der Waals surface area contributed by atoms with E-state index in [1.807, 2.05) is 49.4 Å². The molecule has 144 valence electrons. The minimum atomic E-state index is -0.240. The molecule has 3 aromatic rings. The Bertz CT molecular complexity index is 1060. The van der Waals surface area contributed by atoms with E-state index in [0.29, 0.717) is 6.61 Å². The lowest BCUT2D eigenvalue weighted by atomic mass is 9.92. The number of hydrogen-bond acceptors (Lipinski definition) is 4. The van der Waals surface area contributed by atoms with Crippen LogP contribution in [0.3, 0.4) is 0 Å². The third-order valence-corrected chi connectivity index (χ3v) is 5.15. The zero-order valence-electron chi connectivity index (χ0n) is 16.5. The minimum Gasteiger partial charge on any atom is -0.494 e. The molecule has 28 heavy (non-hydrogen) atoms. The van der Waals surface area contributed by atoms with Gasteiger partial charge < -0.3 is 10.1 Å². The number of carbonyl (C=O) groups excluding carboxylic acids is 1. The lowest BCUT2D eigenvalue weighted by molar-refractivity contribution is -0.114. The number of fused-ring (bicyclic) bond motifs is 3. The van der Waals surface area contributed by atoms with Gasteiger partial charge in [-0.3, -0.25) is 9.36 Å². The fourth-order valence-electron chi connectivity index (χ4n) is 3.84. The van der Waals surface area contributed by atoms with Gasteiger partial charge in [-0.1, -0.05) is 37.6 Å². The maximum Gasteiger partial charge on any atom is 0.209 e. The Morgan fingerprint density at radius 1 is 1.21 bits per heavy atom. The number of anilines is 1. The Hall–Kier alpha value is -3.08.